The van der Waals surface area contributed by atoms with Crippen molar-refractivity contribution in [2.24, 2.45) is 0 Å². The summed E-state index contributed by atoms with van der Waals surface area (Å²) in [6.07, 6.45) is 1.11. The first kappa shape index (κ1) is 20.1. The lowest BCUT2D eigenvalue weighted by atomic mass is 10.2. The van der Waals surface area contributed by atoms with E-state index < -0.39 is 9.84 Å². The van der Waals surface area contributed by atoms with Gasteiger partial charge in [0.05, 0.1) is 23.7 Å². The first-order valence-corrected chi connectivity index (χ1v) is 10.3. The standard InChI is InChI=1S/C18H21ClN2O4S/c1-3-25-14-8-9-16(17(10-14)26(2,23)24)20-12-18(22)21-11-13-6-4-5-7-15(13)19/h4-10,20H,3,11-12H2,1-2H3,(H,21,22). The van der Waals surface area contributed by atoms with Crippen molar-refractivity contribution < 1.29 is 17.9 Å². The number of hydrogen-bond donors (Lipinski definition) is 2. The van der Waals surface area contributed by atoms with Gasteiger partial charge in [0.25, 0.3) is 0 Å². The molecule has 0 unspecified atom stereocenters. The maximum Gasteiger partial charge on any atom is 0.239 e. The van der Waals surface area contributed by atoms with Crippen molar-refractivity contribution in [1.29, 1.82) is 0 Å². The minimum absolute atomic E-state index is 0.0685. The molecule has 0 atom stereocenters. The Morgan fingerprint density at radius 2 is 1.92 bits per heavy atom. The number of sulfone groups is 1. The van der Waals surface area contributed by atoms with Crippen molar-refractivity contribution in [3.05, 3.63) is 53.1 Å². The lowest BCUT2D eigenvalue weighted by Gasteiger charge is -2.13. The Kier molecular flexibility index (Phi) is 6.88. The molecule has 1 amide bonds. The third kappa shape index (κ3) is 5.64. The van der Waals surface area contributed by atoms with E-state index in [1.165, 1.54) is 6.07 Å². The van der Waals surface area contributed by atoms with Crippen LogP contribution >= 0.6 is 11.6 Å². The molecule has 0 bridgehead atoms. The molecule has 0 spiro atoms. The second-order valence-electron chi connectivity index (χ2n) is 5.58. The van der Waals surface area contributed by atoms with Gasteiger partial charge in [-0.1, -0.05) is 29.8 Å². The molecule has 0 fully saturated rings. The molecule has 0 saturated heterocycles. The summed E-state index contributed by atoms with van der Waals surface area (Å²) in [6, 6.07) is 11.9. The number of nitrogens with one attached hydrogen (secondary N) is 2. The van der Waals surface area contributed by atoms with E-state index in [0.29, 0.717) is 29.6 Å². The summed E-state index contributed by atoms with van der Waals surface area (Å²) in [4.78, 5) is 12.1. The molecule has 8 heteroatoms. The van der Waals surface area contributed by atoms with Gasteiger partial charge in [0.2, 0.25) is 5.91 Å². The van der Waals surface area contributed by atoms with Gasteiger partial charge in [0.15, 0.2) is 9.84 Å². The molecule has 0 aliphatic heterocycles. The predicted molar refractivity (Wildman–Crippen MR) is 103 cm³/mol. The van der Waals surface area contributed by atoms with Crippen molar-refractivity contribution in [3.8, 4) is 5.75 Å². The summed E-state index contributed by atoms with van der Waals surface area (Å²) in [5.74, 6) is 0.180. The summed E-state index contributed by atoms with van der Waals surface area (Å²) < 4.78 is 29.3. The molecule has 0 saturated carbocycles. The Bertz CT molecular complexity index is 885. The number of anilines is 1. The Balaban J connectivity index is 2.02. The van der Waals surface area contributed by atoms with E-state index >= 15 is 0 Å². The average molecular weight is 397 g/mol. The predicted octanol–water partition coefficient (Wildman–Crippen LogP) is 2.87. The minimum atomic E-state index is -3.47. The molecule has 0 heterocycles. The molecular formula is C18H21ClN2O4S. The summed E-state index contributed by atoms with van der Waals surface area (Å²) in [5, 5.41) is 6.18. The van der Waals surface area contributed by atoms with Gasteiger partial charge < -0.3 is 15.4 Å². The molecule has 2 aromatic rings. The van der Waals surface area contributed by atoms with Crippen LogP contribution in [0.25, 0.3) is 0 Å². The van der Waals surface area contributed by atoms with Gasteiger partial charge in [-0.3, -0.25) is 4.79 Å². The fourth-order valence-corrected chi connectivity index (χ4v) is 3.36. The van der Waals surface area contributed by atoms with Crippen molar-refractivity contribution in [2.75, 3.05) is 24.7 Å². The van der Waals surface area contributed by atoms with E-state index in [0.717, 1.165) is 11.8 Å². The van der Waals surface area contributed by atoms with Crippen molar-refractivity contribution >= 4 is 33.0 Å². The van der Waals surface area contributed by atoms with Gasteiger partial charge in [-0.2, -0.15) is 0 Å². The second kappa shape index (κ2) is 8.91. The third-order valence-electron chi connectivity index (χ3n) is 3.54. The number of hydrogen-bond acceptors (Lipinski definition) is 5. The van der Waals surface area contributed by atoms with Crippen molar-refractivity contribution in [3.63, 3.8) is 0 Å². The third-order valence-corrected chi connectivity index (χ3v) is 5.04. The van der Waals surface area contributed by atoms with E-state index in [9.17, 15) is 13.2 Å². The number of carbonyl (C=O) groups excluding carboxylic acids is 1. The van der Waals surface area contributed by atoms with Gasteiger partial charge in [-0.25, -0.2) is 8.42 Å². The van der Waals surface area contributed by atoms with Crippen LogP contribution in [0.4, 0.5) is 5.69 Å². The Labute approximate surface area is 158 Å². The first-order chi connectivity index (χ1) is 12.3. The molecule has 26 heavy (non-hydrogen) atoms. The summed E-state index contributed by atoms with van der Waals surface area (Å²) >= 11 is 6.05. The summed E-state index contributed by atoms with van der Waals surface area (Å²) in [6.45, 7) is 2.47. The number of benzene rings is 2. The maximum atomic E-state index is 12.0. The molecule has 0 aliphatic carbocycles. The van der Waals surface area contributed by atoms with Crippen LogP contribution in [0.3, 0.4) is 0 Å². The molecular weight excluding hydrogens is 376 g/mol. The zero-order valence-corrected chi connectivity index (χ0v) is 16.2. The second-order valence-corrected chi connectivity index (χ2v) is 7.98. The van der Waals surface area contributed by atoms with Gasteiger partial charge in [0.1, 0.15) is 5.75 Å². The highest BCUT2D eigenvalue weighted by atomic mass is 35.5. The zero-order valence-electron chi connectivity index (χ0n) is 14.6. The number of carbonyl (C=O) groups is 1. The van der Waals surface area contributed by atoms with E-state index in [1.807, 2.05) is 25.1 Å². The quantitative estimate of drug-likeness (QED) is 0.716. The number of ether oxygens (including phenoxy) is 1. The Morgan fingerprint density at radius 1 is 1.19 bits per heavy atom. The van der Waals surface area contributed by atoms with Gasteiger partial charge in [-0.05, 0) is 30.7 Å². The molecule has 0 aromatic heterocycles. The zero-order chi connectivity index (χ0) is 19.2. The summed E-state index contributed by atoms with van der Waals surface area (Å²) in [7, 11) is -3.47. The molecule has 2 aromatic carbocycles. The molecule has 0 radical (unpaired) electrons. The van der Waals surface area contributed by atoms with Gasteiger partial charge >= 0.3 is 0 Å². The number of halogens is 1. The monoisotopic (exact) mass is 396 g/mol. The lowest BCUT2D eigenvalue weighted by molar-refractivity contribution is -0.119. The summed E-state index contributed by atoms with van der Waals surface area (Å²) in [5.41, 5.74) is 1.16. The topological polar surface area (TPSA) is 84.5 Å². The smallest absolute Gasteiger partial charge is 0.239 e. The van der Waals surface area contributed by atoms with Crippen molar-refractivity contribution in [2.45, 2.75) is 18.4 Å². The van der Waals surface area contributed by atoms with Crippen LogP contribution in [-0.4, -0.2) is 33.7 Å². The van der Waals surface area contributed by atoms with Crippen LogP contribution in [0.2, 0.25) is 5.02 Å². The van der Waals surface area contributed by atoms with Gasteiger partial charge in [0, 0.05) is 23.9 Å². The molecule has 2 rings (SSSR count). The highest BCUT2D eigenvalue weighted by Crippen LogP contribution is 2.26. The van der Waals surface area contributed by atoms with Crippen LogP contribution < -0.4 is 15.4 Å². The lowest BCUT2D eigenvalue weighted by Crippen LogP contribution is -2.29. The van der Waals surface area contributed by atoms with Crippen LogP contribution in [0, 0.1) is 0 Å². The largest absolute Gasteiger partial charge is 0.494 e. The molecule has 6 nitrogen and oxygen atoms in total. The fraction of sp³-hybridized carbons (Fsp3) is 0.278. The van der Waals surface area contributed by atoms with Crippen LogP contribution in [-0.2, 0) is 21.2 Å². The normalized spacial score (nSPS) is 11.0. The average Bonchev–Trinajstić information content (AvgIpc) is 2.59. The molecule has 2 N–H and O–H groups in total. The van der Waals surface area contributed by atoms with E-state index in [1.54, 1.807) is 18.2 Å². The highest BCUT2D eigenvalue weighted by Gasteiger charge is 2.15. The van der Waals surface area contributed by atoms with E-state index in [-0.39, 0.29) is 17.3 Å². The van der Waals surface area contributed by atoms with Crippen LogP contribution in [0.15, 0.2) is 47.4 Å². The highest BCUT2D eigenvalue weighted by molar-refractivity contribution is 7.90. The maximum absolute atomic E-state index is 12.0. The first-order valence-electron chi connectivity index (χ1n) is 8.02. The number of rotatable bonds is 8. The Hall–Kier alpha value is -2.25. The van der Waals surface area contributed by atoms with Gasteiger partial charge in [-0.15, -0.1) is 0 Å². The SMILES string of the molecule is CCOc1ccc(NCC(=O)NCc2ccccc2Cl)c(S(C)(=O)=O)c1. The molecule has 140 valence electrons. The number of amides is 1. The van der Waals surface area contributed by atoms with E-state index in [2.05, 4.69) is 10.6 Å². The van der Waals surface area contributed by atoms with Crippen molar-refractivity contribution in [1.82, 2.24) is 5.32 Å². The molecule has 0 aliphatic rings. The Morgan fingerprint density at radius 3 is 2.58 bits per heavy atom. The fourth-order valence-electron chi connectivity index (χ4n) is 2.29. The van der Waals surface area contributed by atoms with E-state index in [4.69, 9.17) is 16.3 Å². The van der Waals surface area contributed by atoms with Crippen LogP contribution in [0.5, 0.6) is 5.75 Å². The van der Waals surface area contributed by atoms with Crippen LogP contribution in [0.1, 0.15) is 12.5 Å². The minimum Gasteiger partial charge on any atom is -0.494 e.